The number of amides is 1. The third-order valence-corrected chi connectivity index (χ3v) is 11.2. The molecular weight excluding hydrogens is 685 g/mol. The SMILES string of the molecule is CC(C)(C)OC(=O)NC1CN(c2ccc(S(=O)(=O)Nc3nccs3)cc2)C1.NC1CN(c2ccc(S(=O)(=O)Nc3nccs3)cc2)C1. The van der Waals surface area contributed by atoms with Crippen LogP contribution >= 0.6 is 22.7 Å². The number of hydrogen-bond acceptors (Lipinski definition) is 13. The van der Waals surface area contributed by atoms with Crippen LogP contribution in [0.3, 0.4) is 0 Å². The summed E-state index contributed by atoms with van der Waals surface area (Å²) >= 11 is 2.46. The highest BCUT2D eigenvalue weighted by Crippen LogP contribution is 2.26. The first-order valence-electron chi connectivity index (χ1n) is 14.5. The molecule has 18 heteroatoms. The summed E-state index contributed by atoms with van der Waals surface area (Å²) in [5.41, 5.74) is 7.08. The molecule has 47 heavy (non-hydrogen) atoms. The van der Waals surface area contributed by atoms with E-state index in [0.29, 0.717) is 23.4 Å². The van der Waals surface area contributed by atoms with Crippen molar-refractivity contribution in [2.75, 3.05) is 45.4 Å². The maximum atomic E-state index is 12.3. The minimum Gasteiger partial charge on any atom is -0.444 e. The van der Waals surface area contributed by atoms with Crippen molar-refractivity contribution in [3.63, 3.8) is 0 Å². The second-order valence-electron chi connectivity index (χ2n) is 11.8. The van der Waals surface area contributed by atoms with Crippen LogP contribution in [0.25, 0.3) is 0 Å². The van der Waals surface area contributed by atoms with Gasteiger partial charge in [-0.15, -0.1) is 22.7 Å². The van der Waals surface area contributed by atoms with E-state index >= 15 is 0 Å². The van der Waals surface area contributed by atoms with Gasteiger partial charge in [-0.1, -0.05) is 0 Å². The summed E-state index contributed by atoms with van der Waals surface area (Å²) in [5, 5.41) is 6.93. The summed E-state index contributed by atoms with van der Waals surface area (Å²) in [6.07, 6.45) is 2.66. The summed E-state index contributed by atoms with van der Waals surface area (Å²) in [4.78, 5) is 24.1. The molecular formula is C29H36N8O6S4. The Labute approximate surface area is 282 Å². The van der Waals surface area contributed by atoms with E-state index in [1.54, 1.807) is 65.5 Å². The van der Waals surface area contributed by atoms with E-state index in [1.807, 2.05) is 25.7 Å². The van der Waals surface area contributed by atoms with Crippen LogP contribution in [-0.4, -0.2) is 76.8 Å². The van der Waals surface area contributed by atoms with Gasteiger partial charge < -0.3 is 25.6 Å². The van der Waals surface area contributed by atoms with Gasteiger partial charge in [0.25, 0.3) is 20.0 Å². The molecule has 0 bridgehead atoms. The summed E-state index contributed by atoms with van der Waals surface area (Å²) < 4.78 is 59.1. The van der Waals surface area contributed by atoms with Crippen molar-refractivity contribution in [3.05, 3.63) is 71.7 Å². The molecule has 0 unspecified atom stereocenters. The Kier molecular flexibility index (Phi) is 10.3. The standard InChI is InChI=1S/C17H22N4O4S2.C12H14N4O2S2/c1-17(2,3)25-16(22)19-12-10-21(11-12)13-4-6-14(7-5-13)27(23,24)20-15-18-8-9-26-15;13-9-7-16(8-9)10-1-3-11(4-2-10)20(17,18)15-12-14-5-6-19-12/h4-9,12H,10-11H2,1-3H3,(H,18,20)(H,19,22);1-6,9H,7-8,13H2,(H,14,15). The summed E-state index contributed by atoms with van der Waals surface area (Å²) in [7, 11) is -7.22. The van der Waals surface area contributed by atoms with Gasteiger partial charge in [0.05, 0.1) is 15.8 Å². The molecule has 0 radical (unpaired) electrons. The molecule has 252 valence electrons. The third kappa shape index (κ3) is 9.32. The topological polar surface area (TPSA) is 189 Å². The van der Waals surface area contributed by atoms with Gasteiger partial charge in [-0.2, -0.15) is 0 Å². The maximum absolute atomic E-state index is 12.3. The van der Waals surface area contributed by atoms with Crippen molar-refractivity contribution in [2.24, 2.45) is 5.73 Å². The second kappa shape index (κ2) is 14.0. The zero-order valence-electron chi connectivity index (χ0n) is 25.9. The average Bonchev–Trinajstić information content (AvgIpc) is 3.67. The molecule has 0 atom stereocenters. The predicted octanol–water partition coefficient (Wildman–Crippen LogP) is 3.75. The molecule has 14 nitrogen and oxygen atoms in total. The molecule has 5 N–H and O–H groups in total. The van der Waals surface area contributed by atoms with Crippen molar-refractivity contribution in [3.8, 4) is 0 Å². The lowest BCUT2D eigenvalue weighted by atomic mass is 10.1. The molecule has 0 spiro atoms. The van der Waals surface area contributed by atoms with Crippen LogP contribution in [0.5, 0.6) is 0 Å². The van der Waals surface area contributed by atoms with Gasteiger partial charge in [0.15, 0.2) is 10.3 Å². The Morgan fingerprint density at radius 1 is 0.787 bits per heavy atom. The fourth-order valence-corrected chi connectivity index (χ4v) is 8.12. The number of benzene rings is 2. The van der Waals surface area contributed by atoms with E-state index in [0.717, 1.165) is 24.5 Å². The normalized spacial score (nSPS) is 15.5. The Morgan fingerprint density at radius 2 is 1.21 bits per heavy atom. The highest BCUT2D eigenvalue weighted by molar-refractivity contribution is 7.93. The van der Waals surface area contributed by atoms with E-state index < -0.39 is 31.7 Å². The summed E-state index contributed by atoms with van der Waals surface area (Å²) in [6, 6.07) is 13.6. The molecule has 4 heterocycles. The van der Waals surface area contributed by atoms with Crippen LogP contribution in [0, 0.1) is 0 Å². The summed E-state index contributed by atoms with van der Waals surface area (Å²) in [6.45, 7) is 8.36. The van der Waals surface area contributed by atoms with Gasteiger partial charge in [0.2, 0.25) is 0 Å². The largest absolute Gasteiger partial charge is 0.444 e. The molecule has 0 aliphatic carbocycles. The average molecular weight is 721 g/mol. The number of carbonyl (C=O) groups excluding carboxylic acids is 1. The number of sulfonamides is 2. The fraction of sp³-hybridized carbons (Fsp3) is 0.345. The molecule has 2 aromatic carbocycles. The number of thiazole rings is 2. The molecule has 2 aliphatic heterocycles. The number of ether oxygens (including phenoxy) is 1. The first-order chi connectivity index (χ1) is 22.2. The number of nitrogens with zero attached hydrogens (tertiary/aromatic N) is 4. The molecule has 6 rings (SSSR count). The van der Waals surface area contributed by atoms with Gasteiger partial charge in [0.1, 0.15) is 5.60 Å². The van der Waals surface area contributed by atoms with E-state index in [1.165, 1.54) is 28.9 Å². The van der Waals surface area contributed by atoms with Crippen LogP contribution < -0.4 is 30.3 Å². The zero-order valence-corrected chi connectivity index (χ0v) is 29.1. The van der Waals surface area contributed by atoms with Gasteiger partial charge in [-0.3, -0.25) is 9.44 Å². The fourth-order valence-electron chi connectivity index (χ4n) is 4.55. The minimum atomic E-state index is -3.65. The molecule has 4 aromatic rings. The van der Waals surface area contributed by atoms with E-state index in [-0.39, 0.29) is 21.9 Å². The van der Waals surface area contributed by atoms with E-state index in [9.17, 15) is 21.6 Å². The second-order valence-corrected chi connectivity index (χ2v) is 16.9. The highest BCUT2D eigenvalue weighted by atomic mass is 32.2. The van der Waals surface area contributed by atoms with Gasteiger partial charge in [0, 0.05) is 66.7 Å². The number of rotatable bonds is 9. The Hall–Kier alpha value is -3.97. The minimum absolute atomic E-state index is 0.00910. The molecule has 2 aliphatic rings. The third-order valence-electron chi connectivity index (χ3n) is 6.84. The van der Waals surface area contributed by atoms with Crippen molar-refractivity contribution in [2.45, 2.75) is 48.2 Å². The monoisotopic (exact) mass is 720 g/mol. The first-order valence-corrected chi connectivity index (χ1v) is 19.2. The number of alkyl carbamates (subject to hydrolysis) is 1. The van der Waals surface area contributed by atoms with Gasteiger partial charge >= 0.3 is 6.09 Å². The number of aromatic nitrogens is 2. The molecule has 2 fully saturated rings. The number of nitrogens with two attached hydrogens (primary N) is 1. The van der Waals surface area contributed by atoms with E-state index in [4.69, 9.17) is 10.5 Å². The van der Waals surface area contributed by atoms with Crippen molar-refractivity contribution >= 4 is 70.5 Å². The number of nitrogens with one attached hydrogen (secondary N) is 3. The van der Waals surface area contributed by atoms with Gasteiger partial charge in [-0.05, 0) is 69.3 Å². The van der Waals surface area contributed by atoms with E-state index in [2.05, 4.69) is 29.6 Å². The molecule has 2 aromatic heterocycles. The number of anilines is 4. The Morgan fingerprint density at radius 3 is 1.57 bits per heavy atom. The van der Waals surface area contributed by atoms with Crippen LogP contribution in [0.15, 0.2) is 81.5 Å². The van der Waals surface area contributed by atoms with Crippen molar-refractivity contribution < 1.29 is 26.4 Å². The lowest BCUT2D eigenvalue weighted by molar-refractivity contribution is 0.0496. The van der Waals surface area contributed by atoms with Crippen LogP contribution in [0.1, 0.15) is 20.8 Å². The molecule has 2 saturated heterocycles. The predicted molar refractivity (Wildman–Crippen MR) is 184 cm³/mol. The number of hydrogen-bond donors (Lipinski definition) is 4. The highest BCUT2D eigenvalue weighted by Gasteiger charge is 2.30. The Balaban J connectivity index is 0.000000193. The lowest BCUT2D eigenvalue weighted by Gasteiger charge is -2.41. The van der Waals surface area contributed by atoms with Crippen LogP contribution in [0.4, 0.5) is 26.4 Å². The Bertz CT molecular complexity index is 1830. The maximum Gasteiger partial charge on any atom is 0.407 e. The van der Waals surface area contributed by atoms with Gasteiger partial charge in [-0.25, -0.2) is 31.6 Å². The van der Waals surface area contributed by atoms with Crippen LogP contribution in [-0.2, 0) is 24.8 Å². The summed E-state index contributed by atoms with van der Waals surface area (Å²) in [5.74, 6) is 0. The van der Waals surface area contributed by atoms with Crippen LogP contribution in [0.2, 0.25) is 0 Å². The lowest BCUT2D eigenvalue weighted by Crippen LogP contribution is -2.60. The zero-order chi connectivity index (χ0) is 33.8. The van der Waals surface area contributed by atoms with Crippen molar-refractivity contribution in [1.82, 2.24) is 15.3 Å². The van der Waals surface area contributed by atoms with Crippen molar-refractivity contribution in [1.29, 1.82) is 0 Å². The molecule has 1 amide bonds. The quantitative estimate of drug-likeness (QED) is 0.197. The smallest absolute Gasteiger partial charge is 0.407 e. The number of carbonyl (C=O) groups is 1. The first kappa shape index (κ1) is 34.4. The molecule has 0 saturated carbocycles.